The number of nitrogens with one attached hydrogen (secondary N) is 1. The molecule has 0 atom stereocenters. The summed E-state index contributed by atoms with van der Waals surface area (Å²) in [7, 11) is 1.54. The molecule has 0 bridgehead atoms. The summed E-state index contributed by atoms with van der Waals surface area (Å²) in [6.07, 6.45) is 0. The number of hydrogen-bond donors (Lipinski definition) is 1. The molecule has 0 aromatic rings. The molecule has 0 fully saturated rings. The number of ether oxygens (including phenoxy) is 1. The molecule has 0 unspecified atom stereocenters. The summed E-state index contributed by atoms with van der Waals surface area (Å²) in [5, 5.41) is 2.87. The van der Waals surface area contributed by atoms with Gasteiger partial charge in [0.25, 0.3) is 5.24 Å². The highest BCUT2D eigenvalue weighted by Gasteiger charge is 2.02. The molecule has 0 heterocycles. The molecule has 0 radical (unpaired) electrons. The van der Waals surface area contributed by atoms with Crippen LogP contribution in [0, 0.1) is 0 Å². The highest BCUT2D eigenvalue weighted by atomic mass is 32.2. The standard InChI is InChI=1S/C6H13NO2S/c1-5(2)10-6(8)7-4-9-3/h5H,4H2,1-3H3,(H,7,8). The lowest BCUT2D eigenvalue weighted by molar-refractivity contribution is 0.180. The smallest absolute Gasteiger partial charge is 0.281 e. The summed E-state index contributed by atoms with van der Waals surface area (Å²) in [6.45, 7) is 4.23. The number of carbonyl (C=O) groups excluding carboxylic acids is 1. The number of thioether (sulfide) groups is 1. The van der Waals surface area contributed by atoms with Crippen LogP contribution in [0.3, 0.4) is 0 Å². The van der Waals surface area contributed by atoms with E-state index >= 15 is 0 Å². The minimum atomic E-state index is -0.0307. The summed E-state index contributed by atoms with van der Waals surface area (Å²) in [6, 6.07) is 0. The van der Waals surface area contributed by atoms with Crippen LogP contribution in [0.25, 0.3) is 0 Å². The van der Waals surface area contributed by atoms with Crippen molar-refractivity contribution < 1.29 is 9.53 Å². The van der Waals surface area contributed by atoms with E-state index in [1.165, 1.54) is 11.8 Å². The number of amides is 1. The molecule has 0 aliphatic rings. The van der Waals surface area contributed by atoms with Crippen LogP contribution in [-0.2, 0) is 4.74 Å². The lowest BCUT2D eigenvalue weighted by atomic mass is 10.6. The minimum absolute atomic E-state index is 0.0307. The van der Waals surface area contributed by atoms with E-state index in [1.54, 1.807) is 7.11 Å². The Balaban J connectivity index is 3.26. The molecular weight excluding hydrogens is 150 g/mol. The molecule has 1 amide bonds. The Kier molecular flexibility index (Phi) is 5.43. The molecule has 1 N–H and O–H groups in total. The molecular formula is C6H13NO2S. The topological polar surface area (TPSA) is 38.3 Å². The molecule has 10 heavy (non-hydrogen) atoms. The van der Waals surface area contributed by atoms with Crippen LogP contribution in [0.15, 0.2) is 0 Å². The lowest BCUT2D eigenvalue weighted by Gasteiger charge is -2.04. The summed E-state index contributed by atoms with van der Waals surface area (Å²) in [4.78, 5) is 10.8. The van der Waals surface area contributed by atoms with E-state index in [-0.39, 0.29) is 5.24 Å². The maximum Gasteiger partial charge on any atom is 0.281 e. The minimum Gasteiger partial charge on any atom is -0.364 e. The number of rotatable bonds is 3. The van der Waals surface area contributed by atoms with Crippen LogP contribution < -0.4 is 5.32 Å². The zero-order valence-corrected chi connectivity index (χ0v) is 7.33. The van der Waals surface area contributed by atoms with E-state index in [9.17, 15) is 4.79 Å². The maximum absolute atomic E-state index is 10.8. The van der Waals surface area contributed by atoms with E-state index in [0.29, 0.717) is 12.0 Å². The summed E-state index contributed by atoms with van der Waals surface area (Å²) in [5.41, 5.74) is 0. The van der Waals surface area contributed by atoms with Gasteiger partial charge in [0, 0.05) is 12.4 Å². The lowest BCUT2D eigenvalue weighted by Crippen LogP contribution is -2.22. The fourth-order valence-corrected chi connectivity index (χ4v) is 0.957. The molecule has 0 aromatic heterocycles. The van der Waals surface area contributed by atoms with E-state index in [0.717, 1.165) is 0 Å². The van der Waals surface area contributed by atoms with Crippen molar-refractivity contribution in [3.05, 3.63) is 0 Å². The first-order valence-corrected chi connectivity index (χ1v) is 3.98. The van der Waals surface area contributed by atoms with Crippen molar-refractivity contribution in [2.75, 3.05) is 13.8 Å². The van der Waals surface area contributed by atoms with Gasteiger partial charge in [0.1, 0.15) is 6.73 Å². The van der Waals surface area contributed by atoms with E-state index in [2.05, 4.69) is 10.1 Å². The predicted molar refractivity (Wildman–Crippen MR) is 43.1 cm³/mol. The normalized spacial score (nSPS) is 10.0. The number of methoxy groups -OCH3 is 1. The van der Waals surface area contributed by atoms with Crippen LogP contribution in [0.5, 0.6) is 0 Å². The van der Waals surface area contributed by atoms with Gasteiger partial charge in [-0.25, -0.2) is 0 Å². The van der Waals surface area contributed by atoms with Crippen LogP contribution in [-0.4, -0.2) is 24.3 Å². The van der Waals surface area contributed by atoms with Crippen LogP contribution in [0.4, 0.5) is 4.79 Å². The Bertz CT molecular complexity index is 106. The Morgan fingerprint density at radius 1 is 1.70 bits per heavy atom. The van der Waals surface area contributed by atoms with Gasteiger partial charge < -0.3 is 10.1 Å². The van der Waals surface area contributed by atoms with Gasteiger partial charge >= 0.3 is 0 Å². The number of hydrogen-bond acceptors (Lipinski definition) is 3. The summed E-state index contributed by atoms with van der Waals surface area (Å²) in [5.74, 6) is 0. The fraction of sp³-hybridized carbons (Fsp3) is 0.833. The molecule has 0 aliphatic carbocycles. The van der Waals surface area contributed by atoms with Gasteiger partial charge in [0.2, 0.25) is 0 Å². The molecule has 60 valence electrons. The molecule has 0 rings (SSSR count). The molecule has 0 spiro atoms. The zero-order valence-electron chi connectivity index (χ0n) is 6.51. The first kappa shape index (κ1) is 9.78. The van der Waals surface area contributed by atoms with Crippen molar-refractivity contribution in [2.45, 2.75) is 19.1 Å². The average molecular weight is 163 g/mol. The van der Waals surface area contributed by atoms with Crippen molar-refractivity contribution in [3.8, 4) is 0 Å². The fourth-order valence-electron chi connectivity index (χ4n) is 0.387. The third-order valence-corrected chi connectivity index (χ3v) is 1.53. The highest BCUT2D eigenvalue weighted by molar-refractivity contribution is 8.14. The van der Waals surface area contributed by atoms with Gasteiger partial charge in [-0.1, -0.05) is 25.6 Å². The Hall–Kier alpha value is -0.220. The SMILES string of the molecule is COCNC(=O)SC(C)C. The Morgan fingerprint density at radius 3 is 2.70 bits per heavy atom. The van der Waals surface area contributed by atoms with Crippen molar-refractivity contribution in [3.63, 3.8) is 0 Å². The Labute approximate surface area is 65.5 Å². The quantitative estimate of drug-likeness (QED) is 0.640. The third kappa shape index (κ3) is 5.91. The van der Waals surface area contributed by atoms with Crippen molar-refractivity contribution in [2.24, 2.45) is 0 Å². The molecule has 0 aliphatic heterocycles. The largest absolute Gasteiger partial charge is 0.364 e. The summed E-state index contributed by atoms with van der Waals surface area (Å²) >= 11 is 1.26. The van der Waals surface area contributed by atoms with Gasteiger partial charge in [0.15, 0.2) is 0 Å². The highest BCUT2D eigenvalue weighted by Crippen LogP contribution is 2.08. The van der Waals surface area contributed by atoms with Gasteiger partial charge in [-0.2, -0.15) is 0 Å². The predicted octanol–water partition coefficient (Wildman–Crippen LogP) is 1.44. The molecule has 0 saturated carbocycles. The van der Waals surface area contributed by atoms with Gasteiger partial charge in [0.05, 0.1) is 0 Å². The molecule has 3 nitrogen and oxygen atoms in total. The monoisotopic (exact) mass is 163 g/mol. The number of carbonyl (C=O) groups is 1. The van der Waals surface area contributed by atoms with E-state index < -0.39 is 0 Å². The first-order valence-electron chi connectivity index (χ1n) is 3.10. The van der Waals surface area contributed by atoms with Crippen LogP contribution >= 0.6 is 11.8 Å². The van der Waals surface area contributed by atoms with Crippen molar-refractivity contribution in [1.82, 2.24) is 5.32 Å². The van der Waals surface area contributed by atoms with Gasteiger partial charge in [-0.3, -0.25) is 4.79 Å². The first-order chi connectivity index (χ1) is 4.66. The zero-order chi connectivity index (χ0) is 7.98. The third-order valence-electron chi connectivity index (χ3n) is 0.704. The van der Waals surface area contributed by atoms with Crippen molar-refractivity contribution in [1.29, 1.82) is 0 Å². The molecule has 4 heteroatoms. The maximum atomic E-state index is 10.8. The molecule has 0 aromatic carbocycles. The molecule has 0 saturated heterocycles. The second kappa shape index (κ2) is 5.56. The van der Waals surface area contributed by atoms with Crippen LogP contribution in [0.1, 0.15) is 13.8 Å². The van der Waals surface area contributed by atoms with Gasteiger partial charge in [-0.15, -0.1) is 0 Å². The van der Waals surface area contributed by atoms with Crippen LogP contribution in [0.2, 0.25) is 0 Å². The van der Waals surface area contributed by atoms with Crippen molar-refractivity contribution >= 4 is 17.0 Å². The average Bonchev–Trinajstić information content (AvgIpc) is 1.82. The second-order valence-electron chi connectivity index (χ2n) is 2.06. The summed E-state index contributed by atoms with van der Waals surface area (Å²) < 4.78 is 4.65. The Morgan fingerprint density at radius 2 is 2.30 bits per heavy atom. The van der Waals surface area contributed by atoms with E-state index in [4.69, 9.17) is 0 Å². The van der Waals surface area contributed by atoms with E-state index in [1.807, 2.05) is 13.8 Å². The van der Waals surface area contributed by atoms with Gasteiger partial charge in [-0.05, 0) is 0 Å². The second-order valence-corrected chi connectivity index (χ2v) is 3.61.